The summed E-state index contributed by atoms with van der Waals surface area (Å²) >= 11 is 0. The van der Waals surface area contributed by atoms with E-state index < -0.39 is 0 Å². The van der Waals surface area contributed by atoms with E-state index in [1.807, 2.05) is 19.9 Å². The summed E-state index contributed by atoms with van der Waals surface area (Å²) in [7, 11) is 0. The van der Waals surface area contributed by atoms with Gasteiger partial charge in [-0.2, -0.15) is 0 Å². The molecular formula is C12H16N4O2. The van der Waals surface area contributed by atoms with Crippen molar-refractivity contribution < 1.29 is 9.53 Å². The first-order chi connectivity index (χ1) is 8.60. The van der Waals surface area contributed by atoms with Crippen LogP contribution in [0.3, 0.4) is 0 Å². The Morgan fingerprint density at radius 2 is 2.22 bits per heavy atom. The van der Waals surface area contributed by atoms with Crippen molar-refractivity contribution >= 4 is 22.8 Å². The third kappa shape index (κ3) is 2.58. The van der Waals surface area contributed by atoms with E-state index >= 15 is 0 Å². The van der Waals surface area contributed by atoms with E-state index in [1.165, 1.54) is 0 Å². The summed E-state index contributed by atoms with van der Waals surface area (Å²) in [4.78, 5) is 23.0. The third-order valence-electron chi connectivity index (χ3n) is 2.44. The van der Waals surface area contributed by atoms with Crippen molar-refractivity contribution in [3.63, 3.8) is 0 Å². The van der Waals surface area contributed by atoms with Crippen molar-refractivity contribution in [2.24, 2.45) is 0 Å². The summed E-state index contributed by atoms with van der Waals surface area (Å²) in [6, 6.07) is 1.95. The third-order valence-corrected chi connectivity index (χ3v) is 2.44. The standard InChI is InChI=1S/C12H16N4O2/c1-4-18-10(17)6-13-11-9-5-7(2)14-12(9)16-8(3)15-11/h5H,4,6H2,1-3H3,(H2,13,14,15,16). The van der Waals surface area contributed by atoms with Crippen LogP contribution >= 0.6 is 0 Å². The Hall–Kier alpha value is -2.11. The maximum atomic E-state index is 11.3. The number of nitrogens with zero attached hydrogens (tertiary/aromatic N) is 2. The average molecular weight is 248 g/mol. The first-order valence-corrected chi connectivity index (χ1v) is 5.83. The van der Waals surface area contributed by atoms with E-state index in [4.69, 9.17) is 4.74 Å². The highest BCUT2D eigenvalue weighted by atomic mass is 16.5. The van der Waals surface area contributed by atoms with Gasteiger partial charge in [0.15, 0.2) is 0 Å². The summed E-state index contributed by atoms with van der Waals surface area (Å²) in [6.07, 6.45) is 0. The molecule has 2 N–H and O–H groups in total. The summed E-state index contributed by atoms with van der Waals surface area (Å²) < 4.78 is 4.86. The lowest BCUT2D eigenvalue weighted by Crippen LogP contribution is -2.17. The largest absolute Gasteiger partial charge is 0.465 e. The predicted molar refractivity (Wildman–Crippen MR) is 68.5 cm³/mol. The van der Waals surface area contributed by atoms with Gasteiger partial charge in [-0.3, -0.25) is 4.79 Å². The Balaban J connectivity index is 2.24. The number of fused-ring (bicyclic) bond motifs is 1. The number of nitrogens with one attached hydrogen (secondary N) is 2. The van der Waals surface area contributed by atoms with Crippen molar-refractivity contribution in [1.82, 2.24) is 15.0 Å². The SMILES string of the molecule is CCOC(=O)CNc1nc(C)nc2[nH]c(C)cc12. The molecule has 0 atom stereocenters. The molecule has 0 aliphatic rings. The van der Waals surface area contributed by atoms with Crippen LogP contribution in [0.1, 0.15) is 18.4 Å². The summed E-state index contributed by atoms with van der Waals surface area (Å²) in [6.45, 7) is 6.02. The zero-order chi connectivity index (χ0) is 13.1. The Bertz CT molecular complexity index is 577. The van der Waals surface area contributed by atoms with Crippen LogP contribution in [0.25, 0.3) is 11.0 Å². The molecule has 2 aromatic rings. The number of aryl methyl sites for hydroxylation is 2. The highest BCUT2D eigenvalue weighted by molar-refractivity contribution is 5.89. The molecule has 0 saturated carbocycles. The molecule has 0 unspecified atom stereocenters. The van der Waals surface area contributed by atoms with E-state index in [9.17, 15) is 4.79 Å². The minimum atomic E-state index is -0.297. The predicted octanol–water partition coefficient (Wildman–Crippen LogP) is 1.55. The number of carbonyl (C=O) groups is 1. The van der Waals surface area contributed by atoms with Gasteiger partial charge in [-0.15, -0.1) is 0 Å². The molecule has 0 spiro atoms. The molecule has 0 aliphatic carbocycles. The second-order valence-corrected chi connectivity index (χ2v) is 3.99. The molecule has 0 aliphatic heterocycles. The van der Waals surface area contributed by atoms with Crippen LogP contribution in [-0.2, 0) is 9.53 Å². The molecule has 0 aromatic carbocycles. The molecule has 6 heteroatoms. The van der Waals surface area contributed by atoms with Crippen LogP contribution in [0.2, 0.25) is 0 Å². The van der Waals surface area contributed by atoms with E-state index in [2.05, 4.69) is 20.3 Å². The molecule has 0 radical (unpaired) electrons. The zero-order valence-electron chi connectivity index (χ0n) is 10.7. The smallest absolute Gasteiger partial charge is 0.325 e. The fourth-order valence-corrected chi connectivity index (χ4v) is 1.76. The molecule has 0 bridgehead atoms. The normalized spacial score (nSPS) is 10.6. The Morgan fingerprint density at radius 3 is 2.94 bits per heavy atom. The van der Waals surface area contributed by atoms with E-state index in [1.54, 1.807) is 6.92 Å². The van der Waals surface area contributed by atoms with Gasteiger partial charge in [-0.25, -0.2) is 9.97 Å². The number of ether oxygens (including phenoxy) is 1. The monoisotopic (exact) mass is 248 g/mol. The molecule has 6 nitrogen and oxygen atoms in total. The number of esters is 1. The van der Waals surface area contributed by atoms with Crippen molar-refractivity contribution in [2.45, 2.75) is 20.8 Å². The first-order valence-electron chi connectivity index (χ1n) is 5.83. The molecule has 2 heterocycles. The van der Waals surface area contributed by atoms with Crippen molar-refractivity contribution in [3.8, 4) is 0 Å². The van der Waals surface area contributed by atoms with E-state index in [-0.39, 0.29) is 12.5 Å². The lowest BCUT2D eigenvalue weighted by Gasteiger charge is -2.06. The van der Waals surface area contributed by atoms with Crippen LogP contribution in [0, 0.1) is 13.8 Å². The molecule has 96 valence electrons. The molecule has 0 fully saturated rings. The van der Waals surface area contributed by atoms with Crippen LogP contribution < -0.4 is 5.32 Å². The number of aromatic nitrogens is 3. The number of rotatable bonds is 4. The number of aromatic amines is 1. The molecule has 18 heavy (non-hydrogen) atoms. The van der Waals surface area contributed by atoms with Crippen molar-refractivity contribution in [2.75, 3.05) is 18.5 Å². The average Bonchev–Trinajstić information content (AvgIpc) is 2.66. The van der Waals surface area contributed by atoms with Gasteiger partial charge in [0, 0.05) is 5.69 Å². The van der Waals surface area contributed by atoms with E-state index in [0.29, 0.717) is 18.2 Å². The fraction of sp³-hybridized carbons (Fsp3) is 0.417. The van der Waals surface area contributed by atoms with Crippen LogP contribution in [0.4, 0.5) is 5.82 Å². The molecule has 2 aromatic heterocycles. The van der Waals surface area contributed by atoms with Gasteiger partial charge in [0.1, 0.15) is 23.8 Å². The van der Waals surface area contributed by atoms with Crippen molar-refractivity contribution in [1.29, 1.82) is 0 Å². The Kier molecular flexibility index (Phi) is 3.45. The number of anilines is 1. The van der Waals surface area contributed by atoms with Gasteiger partial charge in [-0.05, 0) is 26.8 Å². The van der Waals surface area contributed by atoms with Crippen LogP contribution in [-0.4, -0.2) is 34.1 Å². The second-order valence-electron chi connectivity index (χ2n) is 3.99. The number of H-pyrrole nitrogens is 1. The van der Waals surface area contributed by atoms with Gasteiger partial charge in [0.25, 0.3) is 0 Å². The van der Waals surface area contributed by atoms with Crippen molar-refractivity contribution in [3.05, 3.63) is 17.6 Å². The van der Waals surface area contributed by atoms with Gasteiger partial charge in [0.2, 0.25) is 0 Å². The number of carbonyl (C=O) groups excluding carboxylic acids is 1. The van der Waals surface area contributed by atoms with Gasteiger partial charge < -0.3 is 15.0 Å². The van der Waals surface area contributed by atoms with Gasteiger partial charge in [-0.1, -0.05) is 0 Å². The molecular weight excluding hydrogens is 232 g/mol. The first kappa shape index (κ1) is 12.3. The molecule has 0 saturated heterocycles. The maximum absolute atomic E-state index is 11.3. The van der Waals surface area contributed by atoms with Crippen LogP contribution in [0.15, 0.2) is 6.07 Å². The lowest BCUT2D eigenvalue weighted by atomic mass is 10.3. The lowest BCUT2D eigenvalue weighted by molar-refractivity contribution is -0.140. The maximum Gasteiger partial charge on any atom is 0.325 e. The summed E-state index contributed by atoms with van der Waals surface area (Å²) in [5.41, 5.74) is 1.77. The van der Waals surface area contributed by atoms with E-state index in [0.717, 1.165) is 16.7 Å². The van der Waals surface area contributed by atoms with Crippen LogP contribution in [0.5, 0.6) is 0 Å². The Labute approximate surface area is 105 Å². The highest BCUT2D eigenvalue weighted by Gasteiger charge is 2.09. The molecule has 2 rings (SSSR count). The topological polar surface area (TPSA) is 79.9 Å². The van der Waals surface area contributed by atoms with Gasteiger partial charge >= 0.3 is 5.97 Å². The summed E-state index contributed by atoms with van der Waals surface area (Å²) in [5, 5.41) is 3.86. The second kappa shape index (κ2) is 5.03. The number of hydrogen-bond donors (Lipinski definition) is 2. The number of hydrogen-bond acceptors (Lipinski definition) is 5. The zero-order valence-corrected chi connectivity index (χ0v) is 10.7. The summed E-state index contributed by atoms with van der Waals surface area (Å²) in [5.74, 6) is 1.000. The quantitative estimate of drug-likeness (QED) is 0.802. The minimum Gasteiger partial charge on any atom is -0.465 e. The molecule has 0 amide bonds. The Morgan fingerprint density at radius 1 is 1.44 bits per heavy atom. The minimum absolute atomic E-state index is 0.101. The fourth-order valence-electron chi connectivity index (χ4n) is 1.76. The highest BCUT2D eigenvalue weighted by Crippen LogP contribution is 2.20. The van der Waals surface area contributed by atoms with Gasteiger partial charge in [0.05, 0.1) is 12.0 Å².